The summed E-state index contributed by atoms with van der Waals surface area (Å²) >= 11 is 1.28. The predicted octanol–water partition coefficient (Wildman–Crippen LogP) is 0.0722. The van der Waals surface area contributed by atoms with Gasteiger partial charge in [0.25, 0.3) is 0 Å². The molecule has 4 heteroatoms. The van der Waals surface area contributed by atoms with E-state index in [1.165, 1.54) is 11.9 Å². The van der Waals surface area contributed by atoms with Crippen LogP contribution in [0.15, 0.2) is 0 Å². The normalized spacial score (nSPS) is 22.9. The van der Waals surface area contributed by atoms with Gasteiger partial charge in [0.1, 0.15) is 0 Å². The lowest BCUT2D eigenvalue weighted by Crippen LogP contribution is -2.41. The fourth-order valence-corrected chi connectivity index (χ4v) is 1.45. The molecule has 1 heterocycles. The van der Waals surface area contributed by atoms with Gasteiger partial charge in [-0.2, -0.15) is 0 Å². The van der Waals surface area contributed by atoms with Crippen LogP contribution in [0.2, 0.25) is 0 Å². The first-order valence-corrected chi connectivity index (χ1v) is 4.20. The maximum absolute atomic E-state index is 10.1. The van der Waals surface area contributed by atoms with E-state index < -0.39 is 0 Å². The van der Waals surface area contributed by atoms with Gasteiger partial charge in [-0.25, -0.2) is 4.31 Å². The first-order chi connectivity index (χ1) is 4.83. The molecule has 1 fully saturated rings. The van der Waals surface area contributed by atoms with E-state index in [1.807, 2.05) is 0 Å². The first-order valence-electron chi connectivity index (χ1n) is 3.37. The third-order valence-electron chi connectivity index (χ3n) is 1.65. The molecular formula is C6H12N2OS. The van der Waals surface area contributed by atoms with Crippen LogP contribution < -0.4 is 0 Å². The van der Waals surface area contributed by atoms with E-state index in [1.54, 1.807) is 0 Å². The molecule has 0 aromatic rings. The number of likely N-dealkylation sites (N-methyl/N-ethyl adjacent to an activating group) is 1. The lowest BCUT2D eigenvalue weighted by molar-refractivity contribution is 0.234. The molecule has 1 aliphatic heterocycles. The van der Waals surface area contributed by atoms with Gasteiger partial charge in [-0.05, 0) is 19.0 Å². The highest BCUT2D eigenvalue weighted by molar-refractivity contribution is 8.09. The molecule has 0 unspecified atom stereocenters. The molecule has 10 heavy (non-hydrogen) atoms. The fourth-order valence-electron chi connectivity index (χ4n) is 0.954. The Hall–Kier alpha value is -0.0600. The first kappa shape index (κ1) is 8.04. The molecule has 3 nitrogen and oxygen atoms in total. The third-order valence-corrected chi connectivity index (χ3v) is 2.40. The van der Waals surface area contributed by atoms with E-state index in [4.69, 9.17) is 0 Å². The average Bonchev–Trinajstić information content (AvgIpc) is 1.95. The number of nitrogens with zero attached hydrogens (tertiary/aromatic N) is 2. The van der Waals surface area contributed by atoms with Gasteiger partial charge in [-0.1, -0.05) is 0 Å². The zero-order chi connectivity index (χ0) is 7.40. The third kappa shape index (κ3) is 2.28. The van der Waals surface area contributed by atoms with Crippen LogP contribution in [-0.4, -0.2) is 48.1 Å². The van der Waals surface area contributed by atoms with Crippen molar-refractivity contribution < 1.29 is 4.79 Å². The van der Waals surface area contributed by atoms with Gasteiger partial charge in [0, 0.05) is 26.2 Å². The van der Waals surface area contributed by atoms with Crippen LogP contribution >= 0.6 is 11.9 Å². The summed E-state index contributed by atoms with van der Waals surface area (Å²) in [7, 11) is 2.10. The summed E-state index contributed by atoms with van der Waals surface area (Å²) in [6, 6.07) is 0. The molecule has 58 valence electrons. The number of carbonyl (C=O) groups excluding carboxylic acids is 1. The standard InChI is InChI=1S/C6H12N2OS/c1-7-2-4-8(5-3-7)10-6-9/h6H,2-5H2,1H3. The summed E-state index contributed by atoms with van der Waals surface area (Å²) in [5.74, 6) is 0. The average molecular weight is 160 g/mol. The second-order valence-electron chi connectivity index (χ2n) is 2.43. The molecule has 0 aromatic heterocycles. The van der Waals surface area contributed by atoms with Crippen molar-refractivity contribution in [1.29, 1.82) is 0 Å². The van der Waals surface area contributed by atoms with E-state index in [2.05, 4.69) is 16.3 Å². The summed E-state index contributed by atoms with van der Waals surface area (Å²) in [6.45, 7) is 4.14. The summed E-state index contributed by atoms with van der Waals surface area (Å²) in [4.78, 5) is 12.3. The molecule has 1 rings (SSSR count). The molecule has 0 bridgehead atoms. The molecule has 0 aromatic carbocycles. The van der Waals surface area contributed by atoms with Crippen molar-refractivity contribution in [3.05, 3.63) is 0 Å². The van der Waals surface area contributed by atoms with Gasteiger partial charge < -0.3 is 4.90 Å². The van der Waals surface area contributed by atoms with Gasteiger partial charge in [-0.15, -0.1) is 0 Å². The van der Waals surface area contributed by atoms with Crippen molar-refractivity contribution in [3.8, 4) is 0 Å². The van der Waals surface area contributed by atoms with Crippen LogP contribution in [0.3, 0.4) is 0 Å². The van der Waals surface area contributed by atoms with Gasteiger partial charge in [0.15, 0.2) is 5.62 Å². The molecule has 0 saturated carbocycles. The minimum Gasteiger partial charge on any atom is -0.304 e. The van der Waals surface area contributed by atoms with Gasteiger partial charge in [0.05, 0.1) is 0 Å². The fraction of sp³-hybridized carbons (Fsp3) is 0.833. The quantitative estimate of drug-likeness (QED) is 0.421. The largest absolute Gasteiger partial charge is 0.304 e. The highest BCUT2D eigenvalue weighted by atomic mass is 32.2. The monoisotopic (exact) mass is 160 g/mol. The Labute approximate surface area is 65.5 Å². The maximum atomic E-state index is 10.1. The van der Waals surface area contributed by atoms with Crippen LogP contribution in [0.4, 0.5) is 0 Å². The second-order valence-corrected chi connectivity index (χ2v) is 3.35. The Kier molecular flexibility index (Phi) is 3.18. The topological polar surface area (TPSA) is 23.6 Å². The van der Waals surface area contributed by atoms with Gasteiger partial charge in [-0.3, -0.25) is 4.79 Å². The molecule has 0 atom stereocenters. The Morgan fingerprint density at radius 1 is 1.30 bits per heavy atom. The van der Waals surface area contributed by atoms with Crippen molar-refractivity contribution in [1.82, 2.24) is 9.21 Å². The van der Waals surface area contributed by atoms with E-state index in [0.29, 0.717) is 0 Å². The molecule has 0 N–H and O–H groups in total. The lowest BCUT2D eigenvalue weighted by atomic mass is 10.4. The number of rotatable bonds is 2. The Morgan fingerprint density at radius 2 is 1.90 bits per heavy atom. The van der Waals surface area contributed by atoms with Crippen molar-refractivity contribution in [2.75, 3.05) is 33.2 Å². The smallest absolute Gasteiger partial charge is 0.191 e. The van der Waals surface area contributed by atoms with Crippen molar-refractivity contribution in [2.45, 2.75) is 0 Å². The lowest BCUT2D eigenvalue weighted by Gasteiger charge is -2.29. The summed E-state index contributed by atoms with van der Waals surface area (Å²) in [5, 5.41) is 0. The number of hydrogen-bond acceptors (Lipinski definition) is 4. The van der Waals surface area contributed by atoms with E-state index in [9.17, 15) is 4.79 Å². The Morgan fingerprint density at radius 3 is 2.40 bits per heavy atom. The van der Waals surface area contributed by atoms with Crippen molar-refractivity contribution in [2.24, 2.45) is 0 Å². The number of hydrogen-bond donors (Lipinski definition) is 0. The molecule has 0 aliphatic carbocycles. The van der Waals surface area contributed by atoms with E-state index in [-0.39, 0.29) is 0 Å². The Bertz CT molecular complexity index is 112. The summed E-state index contributed by atoms with van der Waals surface area (Å²) in [5.41, 5.74) is 0.894. The zero-order valence-electron chi connectivity index (χ0n) is 6.12. The molecular weight excluding hydrogens is 148 g/mol. The van der Waals surface area contributed by atoms with Gasteiger partial charge in [0.2, 0.25) is 0 Å². The van der Waals surface area contributed by atoms with Crippen LogP contribution in [0.5, 0.6) is 0 Å². The summed E-state index contributed by atoms with van der Waals surface area (Å²) in [6.07, 6.45) is 0. The molecule has 0 radical (unpaired) electrons. The highest BCUT2D eigenvalue weighted by Crippen LogP contribution is 2.08. The molecule has 1 aliphatic rings. The van der Waals surface area contributed by atoms with Crippen molar-refractivity contribution >= 4 is 17.6 Å². The maximum Gasteiger partial charge on any atom is 0.191 e. The minimum absolute atomic E-state index is 0.894. The molecule has 0 amide bonds. The molecule has 1 saturated heterocycles. The SMILES string of the molecule is CN1CCN(SC=O)CC1. The van der Waals surface area contributed by atoms with E-state index >= 15 is 0 Å². The number of piperazine rings is 1. The predicted molar refractivity (Wildman–Crippen MR) is 43.4 cm³/mol. The van der Waals surface area contributed by atoms with Crippen molar-refractivity contribution in [3.63, 3.8) is 0 Å². The zero-order valence-corrected chi connectivity index (χ0v) is 6.93. The van der Waals surface area contributed by atoms with Gasteiger partial charge >= 0.3 is 0 Å². The highest BCUT2D eigenvalue weighted by Gasteiger charge is 2.12. The minimum atomic E-state index is 0.894. The van der Waals surface area contributed by atoms with Crippen LogP contribution in [-0.2, 0) is 4.79 Å². The van der Waals surface area contributed by atoms with Crippen LogP contribution in [0, 0.1) is 0 Å². The second kappa shape index (κ2) is 3.95. The van der Waals surface area contributed by atoms with Crippen LogP contribution in [0.1, 0.15) is 0 Å². The van der Waals surface area contributed by atoms with Crippen LogP contribution in [0.25, 0.3) is 0 Å². The Balaban J connectivity index is 2.19. The van der Waals surface area contributed by atoms with E-state index in [0.717, 1.165) is 31.8 Å². The summed E-state index contributed by atoms with van der Waals surface area (Å²) < 4.78 is 2.09. The number of carbonyl (C=O) groups is 1. The molecule has 0 spiro atoms.